The molecular weight excluding hydrogens is 275 g/mol. The fourth-order valence-corrected chi connectivity index (χ4v) is 0.918. The molecule has 12 heavy (non-hydrogen) atoms. The van der Waals surface area contributed by atoms with Gasteiger partial charge in [-0.3, -0.25) is 4.79 Å². The van der Waals surface area contributed by atoms with Crippen molar-refractivity contribution >= 4 is 28.9 Å². The van der Waals surface area contributed by atoms with Crippen molar-refractivity contribution in [3.05, 3.63) is 17.8 Å². The van der Waals surface area contributed by atoms with E-state index in [-0.39, 0.29) is 18.3 Å². The lowest BCUT2D eigenvalue weighted by Gasteiger charge is -1.91. The van der Waals surface area contributed by atoms with Crippen molar-refractivity contribution in [1.29, 1.82) is 0 Å². The van der Waals surface area contributed by atoms with Crippen LogP contribution in [0.1, 0.15) is 16.4 Å². The van der Waals surface area contributed by atoms with Crippen molar-refractivity contribution in [2.45, 2.75) is 6.61 Å². The van der Waals surface area contributed by atoms with Crippen LogP contribution in [0.5, 0.6) is 0 Å². The van der Waals surface area contributed by atoms with Crippen LogP contribution in [-0.2, 0) is 9.67 Å². The Kier molecular flexibility index (Phi) is 3.48. The molecule has 0 saturated carbocycles. The van der Waals surface area contributed by atoms with Crippen LogP contribution in [0, 0.1) is 0 Å². The lowest BCUT2D eigenvalue weighted by Crippen LogP contribution is -2.16. The number of carbonyl (C=O) groups is 1. The highest BCUT2D eigenvalue weighted by Gasteiger charge is 2.09. The van der Waals surface area contributed by atoms with Crippen molar-refractivity contribution < 1.29 is 12.3 Å². The molecule has 6 heteroatoms. The van der Waals surface area contributed by atoms with Crippen molar-refractivity contribution in [2.75, 3.05) is 7.05 Å². The Morgan fingerprint density at radius 2 is 2.67 bits per heavy atom. The topological polar surface area (TPSA) is 64.4 Å². The summed E-state index contributed by atoms with van der Waals surface area (Å²) in [5, 5.41) is 2.42. The quantitative estimate of drug-likeness (QED) is 0.837. The van der Waals surface area contributed by atoms with Crippen LogP contribution in [-0.4, -0.2) is 17.9 Å². The molecule has 1 aromatic rings. The summed E-state index contributed by atoms with van der Waals surface area (Å²) in [6.07, 6.45) is 1.36. The van der Waals surface area contributed by atoms with Crippen molar-refractivity contribution in [1.82, 2.24) is 10.3 Å². The largest absolute Gasteiger partial charge is 0.433 e. The van der Waals surface area contributed by atoms with Gasteiger partial charge in [0.2, 0.25) is 11.7 Å². The number of aromatic nitrogens is 1. The zero-order chi connectivity index (χ0) is 8.97. The van der Waals surface area contributed by atoms with E-state index in [9.17, 15) is 4.79 Å². The Morgan fingerprint density at radius 1 is 1.92 bits per heavy atom. The van der Waals surface area contributed by atoms with Crippen molar-refractivity contribution in [3.63, 3.8) is 0 Å². The number of amides is 1. The Morgan fingerprint density at radius 3 is 3.25 bits per heavy atom. The average Bonchev–Trinajstić information content (AvgIpc) is 2.52. The Bertz CT molecular complexity index is 274. The molecular formula is C6H7IN2O3. The monoisotopic (exact) mass is 282 g/mol. The maximum Gasteiger partial charge on any atom is 0.288 e. The fraction of sp³-hybridized carbons (Fsp3) is 0.333. The molecule has 0 aromatic carbocycles. The second kappa shape index (κ2) is 4.41. The van der Waals surface area contributed by atoms with Crippen LogP contribution >= 0.6 is 23.0 Å². The van der Waals surface area contributed by atoms with Gasteiger partial charge in [-0.1, -0.05) is 0 Å². The molecule has 1 amide bonds. The number of hydrogen-bond donors (Lipinski definition) is 1. The summed E-state index contributed by atoms with van der Waals surface area (Å²) in [5.74, 6) is 0.297. The first kappa shape index (κ1) is 9.46. The number of halogens is 1. The van der Waals surface area contributed by atoms with Gasteiger partial charge >= 0.3 is 0 Å². The number of nitrogens with one attached hydrogen (secondary N) is 1. The molecule has 0 unspecified atom stereocenters. The van der Waals surface area contributed by atoms with Crippen LogP contribution in [0.4, 0.5) is 0 Å². The first-order valence-corrected chi connectivity index (χ1v) is 4.06. The van der Waals surface area contributed by atoms with Gasteiger partial charge in [-0.15, -0.1) is 0 Å². The standard InChI is InChI=1S/C6H7IN2O3/c1-8-6(10)4-2-9-5(12-4)3-11-7/h2H,3H2,1H3,(H,8,10). The van der Waals surface area contributed by atoms with E-state index >= 15 is 0 Å². The predicted molar refractivity (Wildman–Crippen MR) is 48.7 cm³/mol. The van der Waals surface area contributed by atoms with Crippen LogP contribution in [0.3, 0.4) is 0 Å². The Balaban J connectivity index is 2.70. The molecule has 5 nitrogen and oxygen atoms in total. The molecule has 0 aliphatic carbocycles. The lowest BCUT2D eigenvalue weighted by atomic mass is 10.5. The zero-order valence-corrected chi connectivity index (χ0v) is 8.49. The SMILES string of the molecule is CNC(=O)c1cnc(COI)o1. The minimum atomic E-state index is -0.290. The van der Waals surface area contributed by atoms with E-state index in [4.69, 9.17) is 7.48 Å². The molecule has 0 spiro atoms. The van der Waals surface area contributed by atoms with E-state index < -0.39 is 0 Å². The van der Waals surface area contributed by atoms with Crippen molar-refractivity contribution in [2.24, 2.45) is 0 Å². The van der Waals surface area contributed by atoms with Gasteiger partial charge in [-0.05, 0) is 0 Å². The highest BCUT2D eigenvalue weighted by atomic mass is 127. The molecule has 66 valence electrons. The van der Waals surface area contributed by atoms with Crippen LogP contribution in [0.2, 0.25) is 0 Å². The normalized spacial score (nSPS) is 9.83. The molecule has 0 radical (unpaired) electrons. The first-order valence-electron chi connectivity index (χ1n) is 3.18. The zero-order valence-electron chi connectivity index (χ0n) is 6.33. The summed E-state index contributed by atoms with van der Waals surface area (Å²) < 4.78 is 9.76. The molecule has 1 N–H and O–H groups in total. The minimum absolute atomic E-state index is 0.195. The van der Waals surface area contributed by atoms with Crippen LogP contribution in [0.25, 0.3) is 0 Å². The molecule has 0 saturated heterocycles. The molecule has 0 bridgehead atoms. The number of rotatable bonds is 3. The van der Waals surface area contributed by atoms with E-state index in [1.54, 1.807) is 23.0 Å². The van der Waals surface area contributed by atoms with E-state index in [0.29, 0.717) is 5.89 Å². The van der Waals surface area contributed by atoms with E-state index in [2.05, 4.69) is 10.3 Å². The summed E-state index contributed by atoms with van der Waals surface area (Å²) in [4.78, 5) is 14.8. The summed E-state index contributed by atoms with van der Waals surface area (Å²) in [6, 6.07) is 0. The van der Waals surface area contributed by atoms with E-state index in [1.807, 2.05) is 0 Å². The highest BCUT2D eigenvalue weighted by molar-refractivity contribution is 14.1. The molecule has 0 aliphatic rings. The number of carbonyl (C=O) groups excluding carboxylic acids is 1. The van der Waals surface area contributed by atoms with Gasteiger partial charge in [0.1, 0.15) is 29.6 Å². The second-order valence-corrected chi connectivity index (χ2v) is 2.57. The molecule has 0 aliphatic heterocycles. The first-order chi connectivity index (χ1) is 5.77. The number of hydrogen-bond acceptors (Lipinski definition) is 4. The highest BCUT2D eigenvalue weighted by Crippen LogP contribution is 2.05. The van der Waals surface area contributed by atoms with E-state index in [1.165, 1.54) is 13.2 Å². The summed E-state index contributed by atoms with van der Waals surface area (Å²) >= 11 is 1.73. The molecule has 0 atom stereocenters. The average molecular weight is 282 g/mol. The smallest absolute Gasteiger partial charge is 0.288 e. The van der Waals surface area contributed by atoms with E-state index in [0.717, 1.165) is 0 Å². The van der Waals surface area contributed by atoms with Gasteiger partial charge in [-0.25, -0.2) is 4.98 Å². The maximum absolute atomic E-state index is 10.9. The maximum atomic E-state index is 10.9. The fourth-order valence-electron chi connectivity index (χ4n) is 0.652. The van der Waals surface area contributed by atoms with Gasteiger partial charge in [0.05, 0.1) is 6.20 Å². The number of oxazole rings is 1. The van der Waals surface area contributed by atoms with Crippen molar-refractivity contribution in [3.8, 4) is 0 Å². The van der Waals surface area contributed by atoms with Crippen LogP contribution in [0.15, 0.2) is 10.6 Å². The molecule has 1 heterocycles. The Hall–Kier alpha value is -0.630. The third-order valence-corrected chi connectivity index (χ3v) is 1.49. The van der Waals surface area contributed by atoms with Gasteiger partial charge in [0, 0.05) is 7.05 Å². The lowest BCUT2D eigenvalue weighted by molar-refractivity contribution is 0.0932. The Labute approximate surface area is 83.2 Å². The number of nitrogens with zero attached hydrogens (tertiary/aromatic N) is 1. The third-order valence-electron chi connectivity index (χ3n) is 1.18. The molecule has 0 fully saturated rings. The van der Waals surface area contributed by atoms with Crippen LogP contribution < -0.4 is 5.32 Å². The minimum Gasteiger partial charge on any atom is -0.433 e. The third kappa shape index (κ3) is 2.18. The predicted octanol–water partition coefficient (Wildman–Crippen LogP) is 0.901. The summed E-state index contributed by atoms with van der Waals surface area (Å²) in [7, 11) is 1.53. The summed E-state index contributed by atoms with van der Waals surface area (Å²) in [5.41, 5.74) is 0. The molecule has 1 aromatic heterocycles. The molecule has 1 rings (SSSR count). The van der Waals surface area contributed by atoms with Gasteiger partial charge in [-0.2, -0.15) is 0 Å². The summed E-state index contributed by atoms with van der Waals surface area (Å²) in [6.45, 7) is 0.261. The van der Waals surface area contributed by atoms with Gasteiger partial charge < -0.3 is 12.8 Å². The van der Waals surface area contributed by atoms with Gasteiger partial charge in [0.25, 0.3) is 5.91 Å². The van der Waals surface area contributed by atoms with Gasteiger partial charge in [0.15, 0.2) is 0 Å². The second-order valence-electron chi connectivity index (χ2n) is 1.95.